The highest BCUT2D eigenvalue weighted by Crippen LogP contribution is 2.28. The van der Waals surface area contributed by atoms with Crippen molar-refractivity contribution in [1.82, 2.24) is 0 Å². The fourth-order valence-corrected chi connectivity index (χ4v) is 1.61. The quantitative estimate of drug-likeness (QED) is 0.821. The van der Waals surface area contributed by atoms with Crippen LogP contribution in [0.15, 0.2) is 0 Å². The predicted octanol–water partition coefficient (Wildman–Crippen LogP) is 2.70. The number of hydrogen-bond donors (Lipinski definition) is 1. The molecule has 1 N–H and O–H groups in total. The average Bonchev–Trinajstić information content (AvgIpc) is 2.11. The third-order valence-corrected chi connectivity index (χ3v) is 2.80. The first-order chi connectivity index (χ1) is 7.85. The Morgan fingerprint density at radius 3 is 1.61 bits per heavy atom. The van der Waals surface area contributed by atoms with Crippen LogP contribution >= 0.6 is 0 Å². The predicted molar refractivity (Wildman–Crippen MR) is 69.3 cm³/mol. The van der Waals surface area contributed by atoms with Gasteiger partial charge in [0.2, 0.25) is 0 Å². The monoisotopic (exact) mass is 256 g/mol. The van der Waals surface area contributed by atoms with E-state index in [0.717, 1.165) is 0 Å². The molecule has 1 atom stereocenters. The number of ketones is 2. The van der Waals surface area contributed by atoms with Crippen LogP contribution in [0.1, 0.15) is 54.4 Å². The van der Waals surface area contributed by atoms with Crippen molar-refractivity contribution in [3.8, 4) is 0 Å². The normalized spacial score (nSPS) is 14.1. The molecule has 4 nitrogen and oxygen atoms in total. The van der Waals surface area contributed by atoms with Gasteiger partial charge < -0.3 is 5.11 Å². The number of carboxylic acids is 1. The molecule has 0 spiro atoms. The highest BCUT2D eigenvalue weighted by atomic mass is 16.4. The fourth-order valence-electron chi connectivity index (χ4n) is 1.61. The van der Waals surface area contributed by atoms with Crippen LogP contribution in [0.4, 0.5) is 0 Å². The van der Waals surface area contributed by atoms with E-state index in [9.17, 15) is 14.4 Å². The molecule has 0 radical (unpaired) electrons. The van der Waals surface area contributed by atoms with Crippen LogP contribution in [0.25, 0.3) is 0 Å². The molecule has 104 valence electrons. The van der Waals surface area contributed by atoms with E-state index in [-0.39, 0.29) is 24.4 Å². The number of carbonyl (C=O) groups is 3. The zero-order chi connectivity index (χ0) is 14.7. The molecule has 18 heavy (non-hydrogen) atoms. The minimum atomic E-state index is -1.04. The second-order valence-corrected chi connectivity index (χ2v) is 6.79. The standard InChI is InChI=1S/C14H24O4/c1-13(2,3)10(15)7-9(8-11(16)17)12(18)14(4,5)6/h9H,7-8H2,1-6H3,(H,16,17). The molecular formula is C14H24O4. The first-order valence-electron chi connectivity index (χ1n) is 6.15. The van der Waals surface area contributed by atoms with Crippen molar-refractivity contribution in [3.63, 3.8) is 0 Å². The van der Waals surface area contributed by atoms with Crippen molar-refractivity contribution < 1.29 is 19.5 Å². The molecule has 0 aromatic rings. The molecule has 0 aliphatic heterocycles. The van der Waals surface area contributed by atoms with Gasteiger partial charge in [-0.1, -0.05) is 41.5 Å². The van der Waals surface area contributed by atoms with Gasteiger partial charge in [-0.3, -0.25) is 14.4 Å². The molecule has 0 fully saturated rings. The Hall–Kier alpha value is -1.19. The molecule has 0 rings (SSSR count). The maximum absolute atomic E-state index is 12.1. The lowest BCUT2D eigenvalue weighted by molar-refractivity contribution is -0.144. The van der Waals surface area contributed by atoms with Crippen molar-refractivity contribution in [2.24, 2.45) is 16.7 Å². The van der Waals surface area contributed by atoms with E-state index in [2.05, 4.69) is 0 Å². The topological polar surface area (TPSA) is 71.4 Å². The summed E-state index contributed by atoms with van der Waals surface area (Å²) in [7, 11) is 0. The lowest BCUT2D eigenvalue weighted by Crippen LogP contribution is -2.34. The molecule has 0 amide bonds. The smallest absolute Gasteiger partial charge is 0.304 e. The summed E-state index contributed by atoms with van der Waals surface area (Å²) in [6, 6.07) is 0. The van der Waals surface area contributed by atoms with Crippen LogP contribution in [-0.4, -0.2) is 22.6 Å². The average molecular weight is 256 g/mol. The fraction of sp³-hybridized carbons (Fsp3) is 0.786. The summed E-state index contributed by atoms with van der Waals surface area (Å²) in [6.07, 6.45) is -0.274. The Kier molecular flexibility index (Phi) is 5.26. The van der Waals surface area contributed by atoms with E-state index in [1.165, 1.54) is 0 Å². The van der Waals surface area contributed by atoms with Gasteiger partial charge in [-0.25, -0.2) is 0 Å². The number of hydrogen-bond acceptors (Lipinski definition) is 3. The third kappa shape index (κ3) is 5.43. The first-order valence-corrected chi connectivity index (χ1v) is 6.15. The molecular weight excluding hydrogens is 232 g/mol. The van der Waals surface area contributed by atoms with Crippen LogP contribution in [0.3, 0.4) is 0 Å². The molecule has 0 heterocycles. The zero-order valence-corrected chi connectivity index (χ0v) is 12.2. The second-order valence-electron chi connectivity index (χ2n) is 6.79. The van der Waals surface area contributed by atoms with Crippen molar-refractivity contribution in [2.75, 3.05) is 0 Å². The summed E-state index contributed by atoms with van der Waals surface area (Å²) >= 11 is 0. The van der Waals surface area contributed by atoms with Gasteiger partial charge in [0.15, 0.2) is 0 Å². The maximum Gasteiger partial charge on any atom is 0.304 e. The first kappa shape index (κ1) is 16.8. The highest BCUT2D eigenvalue weighted by Gasteiger charge is 2.34. The van der Waals surface area contributed by atoms with Gasteiger partial charge >= 0.3 is 5.97 Å². The SMILES string of the molecule is CC(C)(C)C(=O)CC(CC(=O)O)C(=O)C(C)(C)C. The van der Waals surface area contributed by atoms with E-state index in [1.54, 1.807) is 41.5 Å². The molecule has 0 saturated carbocycles. The molecule has 1 unspecified atom stereocenters. The minimum Gasteiger partial charge on any atom is -0.481 e. The van der Waals surface area contributed by atoms with Crippen LogP contribution in [0.2, 0.25) is 0 Å². The van der Waals surface area contributed by atoms with E-state index in [1.807, 2.05) is 0 Å². The van der Waals surface area contributed by atoms with E-state index in [0.29, 0.717) is 0 Å². The number of aliphatic carboxylic acids is 1. The highest BCUT2D eigenvalue weighted by molar-refractivity contribution is 5.94. The minimum absolute atomic E-state index is 0.00586. The van der Waals surface area contributed by atoms with E-state index < -0.39 is 22.7 Å². The molecule has 0 aliphatic rings. The number of carboxylic acid groups (broad SMARTS) is 1. The summed E-state index contributed by atoms with van der Waals surface area (Å²) in [5.74, 6) is -2.01. The Morgan fingerprint density at radius 2 is 1.33 bits per heavy atom. The molecule has 0 aromatic heterocycles. The number of Topliss-reactive ketones (excluding diaryl/α,β-unsaturated/α-hetero) is 2. The Morgan fingerprint density at radius 1 is 0.889 bits per heavy atom. The van der Waals surface area contributed by atoms with Crippen LogP contribution in [-0.2, 0) is 14.4 Å². The summed E-state index contributed by atoms with van der Waals surface area (Å²) in [4.78, 5) is 34.9. The van der Waals surface area contributed by atoms with Crippen LogP contribution < -0.4 is 0 Å². The lowest BCUT2D eigenvalue weighted by atomic mass is 9.76. The van der Waals surface area contributed by atoms with Crippen LogP contribution in [0.5, 0.6) is 0 Å². The summed E-state index contributed by atoms with van der Waals surface area (Å²) < 4.78 is 0. The molecule has 0 bridgehead atoms. The largest absolute Gasteiger partial charge is 0.481 e. The Labute approximate surface area is 109 Å². The third-order valence-electron chi connectivity index (χ3n) is 2.80. The molecule has 0 aliphatic carbocycles. The molecule has 4 heteroatoms. The van der Waals surface area contributed by atoms with Crippen LogP contribution in [0, 0.1) is 16.7 Å². The molecule has 0 aromatic carbocycles. The maximum atomic E-state index is 12.1. The van der Waals surface area contributed by atoms with Gasteiger partial charge in [-0.15, -0.1) is 0 Å². The van der Waals surface area contributed by atoms with Gasteiger partial charge in [0.25, 0.3) is 0 Å². The van der Waals surface area contributed by atoms with Crippen molar-refractivity contribution in [1.29, 1.82) is 0 Å². The Balaban J connectivity index is 4.98. The van der Waals surface area contributed by atoms with Gasteiger partial charge in [0.05, 0.1) is 6.42 Å². The van der Waals surface area contributed by atoms with E-state index >= 15 is 0 Å². The second kappa shape index (κ2) is 5.63. The summed E-state index contributed by atoms with van der Waals surface area (Å²) in [5, 5.41) is 8.85. The van der Waals surface area contributed by atoms with Crippen molar-refractivity contribution in [2.45, 2.75) is 54.4 Å². The number of carbonyl (C=O) groups excluding carboxylic acids is 2. The van der Waals surface area contributed by atoms with Gasteiger partial charge in [0.1, 0.15) is 11.6 Å². The Bertz CT molecular complexity index is 342. The van der Waals surface area contributed by atoms with Gasteiger partial charge in [-0.2, -0.15) is 0 Å². The van der Waals surface area contributed by atoms with Crippen molar-refractivity contribution in [3.05, 3.63) is 0 Å². The van der Waals surface area contributed by atoms with E-state index in [4.69, 9.17) is 5.11 Å². The summed E-state index contributed by atoms with van der Waals surface area (Å²) in [5.41, 5.74) is -1.17. The summed E-state index contributed by atoms with van der Waals surface area (Å²) in [6.45, 7) is 10.5. The van der Waals surface area contributed by atoms with Gasteiger partial charge in [-0.05, 0) is 0 Å². The number of rotatable bonds is 5. The van der Waals surface area contributed by atoms with Gasteiger partial charge in [0, 0.05) is 23.2 Å². The zero-order valence-electron chi connectivity index (χ0n) is 12.2. The van der Waals surface area contributed by atoms with Crippen molar-refractivity contribution >= 4 is 17.5 Å². The molecule has 0 saturated heterocycles. The lowest BCUT2D eigenvalue weighted by Gasteiger charge is -2.25.